The summed E-state index contributed by atoms with van der Waals surface area (Å²) < 4.78 is 5.19. The third kappa shape index (κ3) is 5.96. The van der Waals surface area contributed by atoms with Crippen molar-refractivity contribution in [1.82, 2.24) is 0 Å². The highest BCUT2D eigenvalue weighted by Gasteiger charge is 2.05. The average molecular weight is 329 g/mol. The van der Waals surface area contributed by atoms with Gasteiger partial charge in [0.05, 0.1) is 13.2 Å². The van der Waals surface area contributed by atoms with Gasteiger partial charge in [-0.05, 0) is 18.2 Å². The monoisotopic (exact) mass is 329 g/mol. The molecule has 0 aliphatic rings. The second kappa shape index (κ2) is 9.22. The van der Waals surface area contributed by atoms with E-state index in [4.69, 9.17) is 10.5 Å². The number of nitrogens with zero attached hydrogens (tertiary/aromatic N) is 1. The third-order valence-electron chi connectivity index (χ3n) is 3.18. The maximum atomic E-state index is 6.00. The molecule has 2 aromatic carbocycles. The fourth-order valence-electron chi connectivity index (χ4n) is 2.10. The van der Waals surface area contributed by atoms with E-state index in [9.17, 15) is 0 Å². The first-order valence-electron chi connectivity index (χ1n) is 7.54. The molecule has 0 saturated carbocycles. The number of guanidine groups is 1. The van der Waals surface area contributed by atoms with Gasteiger partial charge in [0.1, 0.15) is 0 Å². The number of nitrogens with one attached hydrogen (secondary N) is 1. The molecule has 2 aromatic rings. The lowest BCUT2D eigenvalue weighted by molar-refractivity contribution is 0.185. The summed E-state index contributed by atoms with van der Waals surface area (Å²) >= 11 is 1.79. The molecule has 0 heterocycles. The molecule has 4 nitrogen and oxygen atoms in total. The second-order valence-corrected chi connectivity index (χ2v) is 6.69. The van der Waals surface area contributed by atoms with E-state index in [0.717, 1.165) is 11.3 Å². The van der Waals surface area contributed by atoms with Gasteiger partial charge >= 0.3 is 0 Å². The third-order valence-corrected chi connectivity index (χ3v) is 4.27. The Morgan fingerprint density at radius 1 is 1.17 bits per heavy atom. The van der Waals surface area contributed by atoms with E-state index in [2.05, 4.69) is 29.4 Å². The number of methoxy groups -OCH3 is 1. The molecule has 0 aromatic heterocycles. The van der Waals surface area contributed by atoms with Gasteiger partial charge in [-0.3, -0.25) is 4.99 Å². The molecule has 0 amide bonds. The zero-order valence-corrected chi connectivity index (χ0v) is 14.3. The van der Waals surface area contributed by atoms with Gasteiger partial charge in [0.2, 0.25) is 0 Å². The fourth-order valence-corrected chi connectivity index (χ4v) is 3.02. The fraction of sp³-hybridized carbons (Fsp3) is 0.278. The van der Waals surface area contributed by atoms with Crippen LogP contribution in [0.5, 0.6) is 0 Å². The lowest BCUT2D eigenvalue weighted by atomic mass is 10.2. The molecule has 23 heavy (non-hydrogen) atoms. The summed E-state index contributed by atoms with van der Waals surface area (Å²) in [5, 5.41) is 3.51. The Morgan fingerprint density at radius 3 is 2.61 bits per heavy atom. The van der Waals surface area contributed by atoms with Crippen molar-refractivity contribution >= 4 is 23.4 Å². The van der Waals surface area contributed by atoms with Gasteiger partial charge in [0, 0.05) is 28.5 Å². The van der Waals surface area contributed by atoms with Crippen LogP contribution in [0.15, 0.2) is 64.5 Å². The van der Waals surface area contributed by atoms with E-state index >= 15 is 0 Å². The number of para-hydroxylation sites is 1. The lowest BCUT2D eigenvalue weighted by Crippen LogP contribution is -2.24. The largest absolute Gasteiger partial charge is 0.380 e. The normalized spacial score (nSPS) is 12.9. The summed E-state index contributed by atoms with van der Waals surface area (Å²) in [5.41, 5.74) is 7.99. The Bertz CT molecular complexity index is 631. The zero-order chi connectivity index (χ0) is 16.5. The number of thioether (sulfide) groups is 1. The standard InChI is InChI=1S/C18H23N3OS/c1-14(23-16-9-4-3-5-10-16)12-20-18(19)21-17-11-7-6-8-15(17)13-22-2/h3-11,14H,12-13H2,1-2H3,(H3,19,20,21). The van der Waals surface area contributed by atoms with Gasteiger partial charge in [-0.15, -0.1) is 11.8 Å². The Morgan fingerprint density at radius 2 is 1.87 bits per heavy atom. The van der Waals surface area contributed by atoms with Crippen molar-refractivity contribution in [2.24, 2.45) is 10.7 Å². The van der Waals surface area contributed by atoms with Crippen molar-refractivity contribution < 1.29 is 4.74 Å². The number of hydrogen-bond donors (Lipinski definition) is 2. The van der Waals surface area contributed by atoms with Crippen LogP contribution in [0.4, 0.5) is 5.69 Å². The molecule has 0 fully saturated rings. The molecular weight excluding hydrogens is 306 g/mol. The first-order valence-corrected chi connectivity index (χ1v) is 8.42. The van der Waals surface area contributed by atoms with E-state index in [1.54, 1.807) is 18.9 Å². The molecule has 0 aliphatic heterocycles. The maximum Gasteiger partial charge on any atom is 0.193 e. The van der Waals surface area contributed by atoms with Crippen LogP contribution in [0.3, 0.4) is 0 Å². The van der Waals surface area contributed by atoms with Crippen LogP contribution in [-0.4, -0.2) is 24.9 Å². The summed E-state index contributed by atoms with van der Waals surface area (Å²) in [6, 6.07) is 18.2. The number of nitrogens with two attached hydrogens (primary N) is 1. The highest BCUT2D eigenvalue weighted by molar-refractivity contribution is 8.00. The topological polar surface area (TPSA) is 59.6 Å². The summed E-state index contributed by atoms with van der Waals surface area (Å²) in [6.07, 6.45) is 0. The van der Waals surface area contributed by atoms with Crippen LogP contribution in [0.1, 0.15) is 12.5 Å². The molecule has 1 atom stereocenters. The summed E-state index contributed by atoms with van der Waals surface area (Å²) in [5.74, 6) is 0.425. The van der Waals surface area contributed by atoms with Crippen molar-refractivity contribution in [3.8, 4) is 0 Å². The van der Waals surface area contributed by atoms with Crippen molar-refractivity contribution in [2.75, 3.05) is 19.0 Å². The Kier molecular flexibility index (Phi) is 6.97. The van der Waals surface area contributed by atoms with Gasteiger partial charge < -0.3 is 15.8 Å². The highest BCUT2D eigenvalue weighted by atomic mass is 32.2. The van der Waals surface area contributed by atoms with Crippen LogP contribution < -0.4 is 11.1 Å². The average Bonchev–Trinajstić information content (AvgIpc) is 2.56. The Balaban J connectivity index is 1.90. The second-order valence-electron chi connectivity index (χ2n) is 5.18. The molecule has 2 rings (SSSR count). The number of hydrogen-bond acceptors (Lipinski definition) is 3. The first kappa shape index (κ1) is 17.4. The molecule has 5 heteroatoms. The summed E-state index contributed by atoms with van der Waals surface area (Å²) in [6.45, 7) is 3.34. The van der Waals surface area contributed by atoms with Gasteiger partial charge in [0.25, 0.3) is 0 Å². The van der Waals surface area contributed by atoms with E-state index in [0.29, 0.717) is 24.4 Å². The summed E-state index contributed by atoms with van der Waals surface area (Å²) in [7, 11) is 1.68. The Hall–Kier alpha value is -1.98. The predicted molar refractivity (Wildman–Crippen MR) is 99.0 cm³/mol. The molecule has 0 bridgehead atoms. The van der Waals surface area contributed by atoms with Gasteiger partial charge in [-0.25, -0.2) is 0 Å². The quantitative estimate of drug-likeness (QED) is 0.461. The Labute approximate surface area is 142 Å². The van der Waals surface area contributed by atoms with E-state index in [1.807, 2.05) is 42.5 Å². The van der Waals surface area contributed by atoms with Crippen LogP contribution in [-0.2, 0) is 11.3 Å². The number of aliphatic imine (C=N–C) groups is 1. The SMILES string of the molecule is COCc1ccccc1NC(N)=NCC(C)Sc1ccccc1. The highest BCUT2D eigenvalue weighted by Crippen LogP contribution is 2.22. The van der Waals surface area contributed by atoms with E-state index in [1.165, 1.54) is 4.90 Å². The van der Waals surface area contributed by atoms with E-state index < -0.39 is 0 Å². The molecular formula is C18H23N3OS. The molecule has 0 saturated heterocycles. The molecule has 0 aliphatic carbocycles. The number of rotatable bonds is 7. The first-order chi connectivity index (χ1) is 11.2. The predicted octanol–water partition coefficient (Wildman–Crippen LogP) is 3.74. The minimum absolute atomic E-state index is 0.354. The lowest BCUT2D eigenvalue weighted by Gasteiger charge is -2.12. The maximum absolute atomic E-state index is 6.00. The number of ether oxygens (including phenoxy) is 1. The molecule has 0 radical (unpaired) electrons. The van der Waals surface area contributed by atoms with Crippen molar-refractivity contribution in [1.29, 1.82) is 0 Å². The van der Waals surface area contributed by atoms with Crippen LogP contribution >= 0.6 is 11.8 Å². The summed E-state index contributed by atoms with van der Waals surface area (Å²) in [4.78, 5) is 5.68. The van der Waals surface area contributed by atoms with Gasteiger partial charge in [-0.2, -0.15) is 0 Å². The minimum atomic E-state index is 0.354. The molecule has 122 valence electrons. The minimum Gasteiger partial charge on any atom is -0.380 e. The van der Waals surface area contributed by atoms with Crippen LogP contribution in [0, 0.1) is 0 Å². The van der Waals surface area contributed by atoms with Crippen molar-refractivity contribution in [3.05, 3.63) is 60.2 Å². The van der Waals surface area contributed by atoms with Crippen LogP contribution in [0.2, 0.25) is 0 Å². The zero-order valence-electron chi connectivity index (χ0n) is 13.5. The van der Waals surface area contributed by atoms with E-state index in [-0.39, 0.29) is 0 Å². The van der Waals surface area contributed by atoms with Crippen LogP contribution in [0.25, 0.3) is 0 Å². The smallest absolute Gasteiger partial charge is 0.193 e. The molecule has 1 unspecified atom stereocenters. The van der Waals surface area contributed by atoms with Gasteiger partial charge in [-0.1, -0.05) is 43.3 Å². The number of benzene rings is 2. The van der Waals surface area contributed by atoms with Crippen molar-refractivity contribution in [2.45, 2.75) is 23.7 Å². The molecule has 0 spiro atoms. The van der Waals surface area contributed by atoms with Crippen molar-refractivity contribution in [3.63, 3.8) is 0 Å². The number of anilines is 1. The molecule has 3 N–H and O–H groups in total. The van der Waals surface area contributed by atoms with Gasteiger partial charge in [0.15, 0.2) is 5.96 Å².